The molecule has 196 valence electrons. The molecule has 1 aliphatic carbocycles. The summed E-state index contributed by atoms with van der Waals surface area (Å²) < 4.78 is 40.2. The molecule has 2 aromatic carbocycles. The Morgan fingerprint density at radius 3 is 2.31 bits per heavy atom. The van der Waals surface area contributed by atoms with E-state index in [9.17, 15) is 22.4 Å². The Morgan fingerprint density at radius 1 is 1.08 bits per heavy atom. The van der Waals surface area contributed by atoms with Gasteiger partial charge in [0.15, 0.2) is 0 Å². The minimum Gasteiger partial charge on any atom is -0.352 e. The van der Waals surface area contributed by atoms with Crippen LogP contribution in [0.15, 0.2) is 42.5 Å². The summed E-state index contributed by atoms with van der Waals surface area (Å²) in [6, 6.07) is 10.5. The number of aryl methyl sites for hydroxylation is 2. The third-order valence-electron chi connectivity index (χ3n) is 6.67. The van der Waals surface area contributed by atoms with Gasteiger partial charge in [-0.25, -0.2) is 12.8 Å². The molecule has 7 nitrogen and oxygen atoms in total. The molecule has 1 N–H and O–H groups in total. The SMILES string of the molecule is CC[C@@H](C(=O)NC1CCCC1)N(Cc1ccc(F)cc1)C(=O)CN(c1cc(C)ccc1C)S(C)(=O)=O. The van der Waals surface area contributed by atoms with Crippen LogP contribution in [0.25, 0.3) is 0 Å². The Bertz CT molecular complexity index is 1180. The number of halogens is 1. The molecule has 1 saturated carbocycles. The molecule has 0 spiro atoms. The Morgan fingerprint density at radius 2 is 1.72 bits per heavy atom. The number of carbonyl (C=O) groups is 2. The van der Waals surface area contributed by atoms with Gasteiger partial charge in [0.05, 0.1) is 11.9 Å². The monoisotopic (exact) mass is 517 g/mol. The van der Waals surface area contributed by atoms with Crippen LogP contribution in [0.3, 0.4) is 0 Å². The zero-order chi connectivity index (χ0) is 26.5. The van der Waals surface area contributed by atoms with Crippen molar-refractivity contribution in [2.24, 2.45) is 0 Å². The zero-order valence-electron chi connectivity index (χ0n) is 21.5. The summed E-state index contributed by atoms with van der Waals surface area (Å²) in [5.41, 5.74) is 2.66. The van der Waals surface area contributed by atoms with Crippen LogP contribution in [0, 0.1) is 19.7 Å². The average Bonchev–Trinajstić information content (AvgIpc) is 3.32. The second-order valence-corrected chi connectivity index (χ2v) is 11.5. The van der Waals surface area contributed by atoms with Crippen LogP contribution in [0.4, 0.5) is 10.1 Å². The van der Waals surface area contributed by atoms with E-state index >= 15 is 0 Å². The fraction of sp³-hybridized carbons (Fsp3) is 0.481. The van der Waals surface area contributed by atoms with Gasteiger partial charge in [0, 0.05) is 12.6 Å². The van der Waals surface area contributed by atoms with Gasteiger partial charge in [-0.05, 0) is 68.0 Å². The molecule has 36 heavy (non-hydrogen) atoms. The lowest BCUT2D eigenvalue weighted by atomic mass is 10.1. The van der Waals surface area contributed by atoms with Crippen LogP contribution in [-0.4, -0.2) is 50.0 Å². The van der Waals surface area contributed by atoms with E-state index in [0.717, 1.165) is 47.4 Å². The second kappa shape index (κ2) is 11.9. The Kier molecular flexibility index (Phi) is 9.11. The minimum absolute atomic E-state index is 0.0557. The van der Waals surface area contributed by atoms with E-state index < -0.39 is 34.3 Å². The van der Waals surface area contributed by atoms with E-state index in [2.05, 4.69) is 5.32 Å². The molecule has 2 aromatic rings. The second-order valence-electron chi connectivity index (χ2n) is 9.62. The number of hydrogen-bond donors (Lipinski definition) is 1. The van der Waals surface area contributed by atoms with Crippen LogP contribution >= 0.6 is 0 Å². The van der Waals surface area contributed by atoms with Crippen molar-refractivity contribution in [2.75, 3.05) is 17.1 Å². The first-order valence-corrected chi connectivity index (χ1v) is 14.2. The smallest absolute Gasteiger partial charge is 0.244 e. The van der Waals surface area contributed by atoms with Gasteiger partial charge in [-0.1, -0.05) is 44.0 Å². The third kappa shape index (κ3) is 7.06. The van der Waals surface area contributed by atoms with E-state index in [1.807, 2.05) is 26.0 Å². The Hall–Kier alpha value is -2.94. The maximum Gasteiger partial charge on any atom is 0.244 e. The molecule has 1 fully saturated rings. The number of hydrogen-bond acceptors (Lipinski definition) is 4. The van der Waals surface area contributed by atoms with Gasteiger partial charge in [-0.15, -0.1) is 0 Å². The maximum absolute atomic E-state index is 13.7. The van der Waals surface area contributed by atoms with Gasteiger partial charge in [0.25, 0.3) is 0 Å². The van der Waals surface area contributed by atoms with E-state index in [-0.39, 0.29) is 18.5 Å². The lowest BCUT2D eigenvalue weighted by Crippen LogP contribution is -2.53. The standard InChI is InChI=1S/C27H36FN3O4S/c1-5-24(27(33)29-23-8-6-7-9-23)30(17-21-12-14-22(28)15-13-21)26(32)18-31(36(4,34)35)25-16-19(2)10-11-20(25)3/h10-16,23-24H,5-9,17-18H2,1-4H3,(H,29,33)/t24-/m0/s1. The predicted octanol–water partition coefficient (Wildman–Crippen LogP) is 4.07. The first kappa shape index (κ1) is 27.6. The first-order valence-electron chi connectivity index (χ1n) is 12.4. The number of rotatable bonds is 10. The summed E-state index contributed by atoms with van der Waals surface area (Å²) in [6.07, 6.45) is 5.34. The van der Waals surface area contributed by atoms with Gasteiger partial charge < -0.3 is 10.2 Å². The molecule has 0 saturated heterocycles. The minimum atomic E-state index is -3.80. The number of nitrogens with one attached hydrogen (secondary N) is 1. The van der Waals surface area contributed by atoms with Crippen molar-refractivity contribution >= 4 is 27.5 Å². The maximum atomic E-state index is 13.7. The summed E-state index contributed by atoms with van der Waals surface area (Å²) >= 11 is 0. The van der Waals surface area contributed by atoms with Crippen LogP contribution < -0.4 is 9.62 Å². The van der Waals surface area contributed by atoms with Crippen molar-refractivity contribution in [1.82, 2.24) is 10.2 Å². The summed E-state index contributed by atoms with van der Waals surface area (Å²) in [5.74, 6) is -1.16. The molecule has 0 aliphatic heterocycles. The number of amides is 2. The van der Waals surface area contributed by atoms with Crippen molar-refractivity contribution in [1.29, 1.82) is 0 Å². The molecule has 3 rings (SSSR count). The molecule has 0 heterocycles. The lowest BCUT2D eigenvalue weighted by molar-refractivity contribution is -0.140. The van der Waals surface area contributed by atoms with Crippen molar-refractivity contribution in [3.63, 3.8) is 0 Å². The van der Waals surface area contributed by atoms with Crippen molar-refractivity contribution in [3.05, 3.63) is 65.0 Å². The molecule has 2 amide bonds. The molecule has 9 heteroatoms. The molecule has 0 aromatic heterocycles. The number of sulfonamides is 1. The highest BCUT2D eigenvalue weighted by molar-refractivity contribution is 7.92. The van der Waals surface area contributed by atoms with Gasteiger partial charge in [0.1, 0.15) is 18.4 Å². The Balaban J connectivity index is 1.94. The highest BCUT2D eigenvalue weighted by Crippen LogP contribution is 2.25. The first-order chi connectivity index (χ1) is 17.0. The van der Waals surface area contributed by atoms with E-state index in [1.165, 1.54) is 17.0 Å². The molecular formula is C27H36FN3O4S. The van der Waals surface area contributed by atoms with Gasteiger partial charge >= 0.3 is 0 Å². The molecule has 0 bridgehead atoms. The van der Waals surface area contributed by atoms with Crippen LogP contribution in [0.2, 0.25) is 0 Å². The third-order valence-corrected chi connectivity index (χ3v) is 7.79. The van der Waals surface area contributed by atoms with Crippen LogP contribution in [0.1, 0.15) is 55.7 Å². The fourth-order valence-electron chi connectivity index (χ4n) is 4.66. The van der Waals surface area contributed by atoms with E-state index in [1.54, 1.807) is 25.1 Å². The topological polar surface area (TPSA) is 86.8 Å². The van der Waals surface area contributed by atoms with Crippen LogP contribution in [-0.2, 0) is 26.2 Å². The summed E-state index contributed by atoms with van der Waals surface area (Å²) in [6.45, 7) is 5.07. The highest BCUT2D eigenvalue weighted by Gasteiger charge is 2.33. The molecule has 1 aliphatic rings. The summed E-state index contributed by atoms with van der Waals surface area (Å²) in [4.78, 5) is 28.4. The summed E-state index contributed by atoms with van der Waals surface area (Å²) in [5, 5.41) is 3.07. The van der Waals surface area contributed by atoms with Gasteiger partial charge in [-0.2, -0.15) is 0 Å². The molecule has 0 unspecified atom stereocenters. The van der Waals surface area contributed by atoms with E-state index in [4.69, 9.17) is 0 Å². The number of anilines is 1. The molecular weight excluding hydrogens is 481 g/mol. The molecule has 1 atom stereocenters. The predicted molar refractivity (Wildman–Crippen MR) is 140 cm³/mol. The Labute approximate surface area is 213 Å². The lowest BCUT2D eigenvalue weighted by Gasteiger charge is -2.33. The van der Waals surface area contributed by atoms with Crippen LogP contribution in [0.5, 0.6) is 0 Å². The summed E-state index contributed by atoms with van der Waals surface area (Å²) in [7, 11) is -3.80. The van der Waals surface area contributed by atoms with E-state index in [0.29, 0.717) is 17.7 Å². The number of carbonyl (C=O) groups excluding carboxylic acids is 2. The van der Waals surface area contributed by atoms with Crippen molar-refractivity contribution in [3.8, 4) is 0 Å². The fourth-order valence-corrected chi connectivity index (χ4v) is 5.56. The largest absolute Gasteiger partial charge is 0.352 e. The van der Waals surface area contributed by atoms with Gasteiger partial charge in [-0.3, -0.25) is 13.9 Å². The number of benzene rings is 2. The average molecular weight is 518 g/mol. The molecule has 0 radical (unpaired) electrons. The highest BCUT2D eigenvalue weighted by atomic mass is 32.2. The van der Waals surface area contributed by atoms with Crippen molar-refractivity contribution < 1.29 is 22.4 Å². The van der Waals surface area contributed by atoms with Gasteiger partial charge in [0.2, 0.25) is 21.8 Å². The normalized spacial score (nSPS) is 14.9. The number of nitrogens with zero attached hydrogens (tertiary/aromatic N) is 2. The zero-order valence-corrected chi connectivity index (χ0v) is 22.3. The van der Waals surface area contributed by atoms with Crippen molar-refractivity contribution in [2.45, 2.75) is 71.5 Å². The quantitative estimate of drug-likeness (QED) is 0.515.